The van der Waals surface area contributed by atoms with Crippen molar-refractivity contribution < 1.29 is 14.6 Å². The molecule has 0 aromatic heterocycles. The Bertz CT molecular complexity index is 605. The lowest BCUT2D eigenvalue weighted by Crippen LogP contribution is -2.42. The molecule has 0 saturated carbocycles. The van der Waals surface area contributed by atoms with Gasteiger partial charge in [0, 0.05) is 5.39 Å². The Hall–Kier alpha value is -2.07. The fraction of sp³-hybridized carbons (Fsp3) is 0.214. The van der Waals surface area contributed by atoms with Crippen LogP contribution in [0.4, 0.5) is 0 Å². The Balaban J connectivity index is 2.73. The molecule has 4 nitrogen and oxygen atoms in total. The van der Waals surface area contributed by atoms with Gasteiger partial charge in [-0.05, 0) is 23.9 Å². The van der Waals surface area contributed by atoms with Crippen LogP contribution in [0.2, 0.25) is 0 Å². The molecule has 2 aromatic rings. The Kier molecular flexibility index (Phi) is 2.97. The Labute approximate surface area is 105 Å². The van der Waals surface area contributed by atoms with E-state index in [9.17, 15) is 9.90 Å². The molecule has 3 N–H and O–H groups in total. The molecule has 18 heavy (non-hydrogen) atoms. The van der Waals surface area contributed by atoms with Gasteiger partial charge in [0.1, 0.15) is 11.3 Å². The molecule has 4 heteroatoms. The largest absolute Gasteiger partial charge is 0.507 e. The molecule has 0 fully saturated rings. The fourth-order valence-corrected chi connectivity index (χ4v) is 2.06. The molecule has 0 aliphatic rings. The number of fused-ring (bicyclic) bond motifs is 1. The van der Waals surface area contributed by atoms with Gasteiger partial charge in [-0.3, -0.25) is 0 Å². The van der Waals surface area contributed by atoms with Crippen LogP contribution in [0.25, 0.3) is 10.8 Å². The van der Waals surface area contributed by atoms with Crippen LogP contribution in [-0.2, 0) is 15.1 Å². The molecule has 2 aromatic carbocycles. The first-order chi connectivity index (χ1) is 8.48. The summed E-state index contributed by atoms with van der Waals surface area (Å²) in [6.07, 6.45) is 0. The van der Waals surface area contributed by atoms with Crippen LogP contribution in [0.5, 0.6) is 5.75 Å². The summed E-state index contributed by atoms with van der Waals surface area (Å²) < 4.78 is 4.72. The molecule has 2 rings (SSSR count). The van der Waals surface area contributed by atoms with Crippen LogP contribution < -0.4 is 5.73 Å². The summed E-state index contributed by atoms with van der Waals surface area (Å²) in [5, 5.41) is 11.2. The normalized spacial score (nSPS) is 14.2. The maximum atomic E-state index is 11.8. The first-order valence-electron chi connectivity index (χ1n) is 5.57. The number of aromatic hydroxyl groups is 1. The minimum atomic E-state index is -1.25. The summed E-state index contributed by atoms with van der Waals surface area (Å²) in [6.45, 7) is 1.59. The smallest absolute Gasteiger partial charge is 0.330 e. The molecule has 0 bridgehead atoms. The number of methoxy groups -OCH3 is 1. The van der Waals surface area contributed by atoms with Gasteiger partial charge in [-0.1, -0.05) is 30.3 Å². The maximum absolute atomic E-state index is 11.8. The third-order valence-electron chi connectivity index (χ3n) is 3.07. The van der Waals surface area contributed by atoms with Gasteiger partial charge in [0.2, 0.25) is 0 Å². The molecule has 0 amide bonds. The quantitative estimate of drug-likeness (QED) is 0.792. The number of benzene rings is 2. The summed E-state index contributed by atoms with van der Waals surface area (Å²) in [6, 6.07) is 10.4. The van der Waals surface area contributed by atoms with Crippen molar-refractivity contribution in [1.82, 2.24) is 0 Å². The minimum Gasteiger partial charge on any atom is -0.507 e. The molecule has 0 unspecified atom stereocenters. The number of phenols is 1. The zero-order chi connectivity index (χ0) is 13.3. The van der Waals surface area contributed by atoms with Gasteiger partial charge in [-0.15, -0.1) is 0 Å². The molecular weight excluding hydrogens is 230 g/mol. The number of esters is 1. The molecule has 0 radical (unpaired) electrons. The molecule has 0 spiro atoms. The topological polar surface area (TPSA) is 72.5 Å². The van der Waals surface area contributed by atoms with E-state index in [1.807, 2.05) is 18.2 Å². The highest BCUT2D eigenvalue weighted by Gasteiger charge is 2.33. The van der Waals surface area contributed by atoms with Gasteiger partial charge in [-0.25, -0.2) is 4.79 Å². The van der Waals surface area contributed by atoms with Crippen molar-refractivity contribution in [2.45, 2.75) is 12.5 Å². The van der Waals surface area contributed by atoms with Crippen molar-refractivity contribution in [2.75, 3.05) is 7.11 Å². The van der Waals surface area contributed by atoms with Crippen LogP contribution in [0.1, 0.15) is 12.5 Å². The van der Waals surface area contributed by atoms with E-state index in [2.05, 4.69) is 0 Å². The van der Waals surface area contributed by atoms with Crippen molar-refractivity contribution in [3.8, 4) is 5.75 Å². The molecule has 0 aliphatic carbocycles. The molecule has 0 aliphatic heterocycles. The summed E-state index contributed by atoms with van der Waals surface area (Å²) >= 11 is 0. The van der Waals surface area contributed by atoms with Gasteiger partial charge in [0.05, 0.1) is 7.11 Å². The predicted octanol–water partition coefficient (Wildman–Crippen LogP) is 1.89. The average Bonchev–Trinajstić information content (AvgIpc) is 2.38. The van der Waals surface area contributed by atoms with E-state index in [4.69, 9.17) is 10.5 Å². The van der Waals surface area contributed by atoms with Gasteiger partial charge in [-0.2, -0.15) is 0 Å². The van der Waals surface area contributed by atoms with Gasteiger partial charge in [0.15, 0.2) is 0 Å². The van der Waals surface area contributed by atoms with Crippen molar-refractivity contribution in [2.24, 2.45) is 5.73 Å². The van der Waals surface area contributed by atoms with Gasteiger partial charge >= 0.3 is 5.97 Å². The molecule has 94 valence electrons. The molecule has 0 saturated heterocycles. The third kappa shape index (κ3) is 1.80. The standard InChI is InChI=1S/C14H15NO3/c1-14(15,13(17)18-2)11-7-8-12(16)10-6-4-3-5-9(10)11/h3-8,16H,15H2,1-2H3/t14-/m1/s1. The highest BCUT2D eigenvalue weighted by atomic mass is 16.5. The number of nitrogens with two attached hydrogens (primary N) is 1. The van der Waals surface area contributed by atoms with E-state index in [1.165, 1.54) is 13.2 Å². The zero-order valence-corrected chi connectivity index (χ0v) is 10.3. The lowest BCUT2D eigenvalue weighted by molar-refractivity contribution is -0.146. The monoisotopic (exact) mass is 245 g/mol. The van der Waals surface area contributed by atoms with E-state index in [1.54, 1.807) is 19.1 Å². The maximum Gasteiger partial charge on any atom is 0.330 e. The predicted molar refractivity (Wildman–Crippen MR) is 69.2 cm³/mol. The number of phenolic OH excluding ortho intramolecular Hbond substituents is 1. The number of hydrogen-bond acceptors (Lipinski definition) is 4. The SMILES string of the molecule is COC(=O)[C@](C)(N)c1ccc(O)c2ccccc12. The summed E-state index contributed by atoms with van der Waals surface area (Å²) in [5.41, 5.74) is 5.43. The average molecular weight is 245 g/mol. The van der Waals surface area contributed by atoms with Gasteiger partial charge in [0.25, 0.3) is 0 Å². The first-order valence-corrected chi connectivity index (χ1v) is 5.57. The third-order valence-corrected chi connectivity index (χ3v) is 3.07. The highest BCUT2D eigenvalue weighted by Crippen LogP contribution is 2.32. The van der Waals surface area contributed by atoms with E-state index in [0.717, 1.165) is 5.39 Å². The lowest BCUT2D eigenvalue weighted by Gasteiger charge is -2.23. The fourth-order valence-electron chi connectivity index (χ4n) is 2.06. The second kappa shape index (κ2) is 4.31. The minimum absolute atomic E-state index is 0.162. The van der Waals surface area contributed by atoms with Crippen molar-refractivity contribution in [1.29, 1.82) is 0 Å². The summed E-state index contributed by atoms with van der Waals surface area (Å²) in [7, 11) is 1.30. The summed E-state index contributed by atoms with van der Waals surface area (Å²) in [5.74, 6) is -0.353. The molecule has 1 atom stereocenters. The number of hydrogen-bond donors (Lipinski definition) is 2. The van der Waals surface area contributed by atoms with Crippen LogP contribution in [0, 0.1) is 0 Å². The number of carbonyl (C=O) groups is 1. The van der Waals surface area contributed by atoms with E-state index in [0.29, 0.717) is 10.9 Å². The van der Waals surface area contributed by atoms with E-state index >= 15 is 0 Å². The number of rotatable bonds is 2. The summed E-state index contributed by atoms with van der Waals surface area (Å²) in [4.78, 5) is 11.8. The second-order valence-electron chi connectivity index (χ2n) is 4.37. The highest BCUT2D eigenvalue weighted by molar-refractivity contribution is 5.96. The Morgan fingerprint density at radius 3 is 2.44 bits per heavy atom. The van der Waals surface area contributed by atoms with E-state index in [-0.39, 0.29) is 5.75 Å². The van der Waals surface area contributed by atoms with Crippen molar-refractivity contribution in [3.05, 3.63) is 42.0 Å². The first kappa shape index (κ1) is 12.4. The Morgan fingerprint density at radius 2 is 1.83 bits per heavy atom. The van der Waals surface area contributed by atoms with Crippen LogP contribution >= 0.6 is 0 Å². The van der Waals surface area contributed by atoms with Gasteiger partial charge < -0.3 is 15.6 Å². The van der Waals surface area contributed by atoms with Crippen LogP contribution in [0.15, 0.2) is 36.4 Å². The van der Waals surface area contributed by atoms with Crippen molar-refractivity contribution in [3.63, 3.8) is 0 Å². The lowest BCUT2D eigenvalue weighted by atomic mass is 9.88. The molecule has 0 heterocycles. The Morgan fingerprint density at radius 1 is 1.22 bits per heavy atom. The van der Waals surface area contributed by atoms with Crippen LogP contribution in [0.3, 0.4) is 0 Å². The van der Waals surface area contributed by atoms with E-state index < -0.39 is 11.5 Å². The number of ether oxygens (including phenoxy) is 1. The number of carbonyl (C=O) groups excluding carboxylic acids is 1. The molecular formula is C14H15NO3. The van der Waals surface area contributed by atoms with Crippen LogP contribution in [-0.4, -0.2) is 18.2 Å². The second-order valence-corrected chi connectivity index (χ2v) is 4.37. The zero-order valence-electron chi connectivity index (χ0n) is 10.3. The van der Waals surface area contributed by atoms with Crippen molar-refractivity contribution >= 4 is 16.7 Å².